The molecule has 0 radical (unpaired) electrons. The molecule has 4 heteroatoms. The van der Waals surface area contributed by atoms with Gasteiger partial charge >= 0.3 is 7.60 Å². The van der Waals surface area contributed by atoms with Crippen LogP contribution in [0.5, 0.6) is 11.5 Å². The SMILES string of the molecule is C=CCP(=O)(Oc1ccc(C)cc1)Oc1ccc(C)cc1. The molecule has 2 aromatic rings. The highest BCUT2D eigenvalue weighted by Gasteiger charge is 2.26. The summed E-state index contributed by atoms with van der Waals surface area (Å²) >= 11 is 0. The molecule has 0 fully saturated rings. The van der Waals surface area contributed by atoms with Crippen LogP contribution in [-0.4, -0.2) is 6.16 Å². The lowest BCUT2D eigenvalue weighted by Gasteiger charge is -2.19. The van der Waals surface area contributed by atoms with Crippen molar-refractivity contribution in [3.63, 3.8) is 0 Å². The minimum absolute atomic E-state index is 0.148. The van der Waals surface area contributed by atoms with Crippen LogP contribution in [0.2, 0.25) is 0 Å². The molecule has 0 aliphatic heterocycles. The Kier molecular flexibility index (Phi) is 4.87. The molecule has 2 aromatic carbocycles. The Bertz CT molecular complexity index is 593. The van der Waals surface area contributed by atoms with E-state index in [1.165, 1.54) is 0 Å². The summed E-state index contributed by atoms with van der Waals surface area (Å²) in [5, 5.41) is 0. The number of hydrogen-bond acceptors (Lipinski definition) is 3. The molecule has 0 aliphatic rings. The Morgan fingerprint density at radius 3 is 1.62 bits per heavy atom. The van der Waals surface area contributed by atoms with Crippen molar-refractivity contribution in [3.8, 4) is 11.5 Å². The zero-order valence-electron chi connectivity index (χ0n) is 12.3. The van der Waals surface area contributed by atoms with E-state index in [1.54, 1.807) is 30.3 Å². The van der Waals surface area contributed by atoms with Gasteiger partial charge in [0.1, 0.15) is 11.5 Å². The van der Waals surface area contributed by atoms with Crippen LogP contribution in [0.4, 0.5) is 0 Å². The minimum atomic E-state index is -3.31. The van der Waals surface area contributed by atoms with Crippen molar-refractivity contribution in [2.45, 2.75) is 13.8 Å². The van der Waals surface area contributed by atoms with Crippen LogP contribution in [0.3, 0.4) is 0 Å². The van der Waals surface area contributed by atoms with Crippen molar-refractivity contribution < 1.29 is 13.6 Å². The number of hydrogen-bond donors (Lipinski definition) is 0. The van der Waals surface area contributed by atoms with Crippen molar-refractivity contribution in [3.05, 3.63) is 72.3 Å². The van der Waals surface area contributed by atoms with E-state index in [-0.39, 0.29) is 6.16 Å². The molecular weight excluding hydrogens is 283 g/mol. The lowest BCUT2D eigenvalue weighted by Crippen LogP contribution is -2.03. The van der Waals surface area contributed by atoms with Gasteiger partial charge in [-0.2, -0.15) is 0 Å². The van der Waals surface area contributed by atoms with Crippen molar-refractivity contribution in [1.29, 1.82) is 0 Å². The van der Waals surface area contributed by atoms with Gasteiger partial charge in [0.05, 0.1) is 6.16 Å². The summed E-state index contributed by atoms with van der Waals surface area (Å²) in [5.74, 6) is 1.05. The first-order chi connectivity index (χ1) is 10.0. The molecule has 0 saturated carbocycles. The van der Waals surface area contributed by atoms with Crippen LogP contribution in [0.15, 0.2) is 61.2 Å². The van der Waals surface area contributed by atoms with Gasteiger partial charge in [0.15, 0.2) is 0 Å². The first-order valence-corrected chi connectivity index (χ1v) is 8.46. The van der Waals surface area contributed by atoms with Crippen molar-refractivity contribution >= 4 is 7.60 Å². The fourth-order valence-corrected chi connectivity index (χ4v) is 3.16. The first-order valence-electron chi connectivity index (χ1n) is 6.73. The highest BCUT2D eigenvalue weighted by atomic mass is 31.2. The molecule has 0 atom stereocenters. The Labute approximate surface area is 125 Å². The maximum absolute atomic E-state index is 12.8. The van der Waals surface area contributed by atoms with Gasteiger partial charge < -0.3 is 9.05 Å². The van der Waals surface area contributed by atoms with Gasteiger partial charge in [-0.15, -0.1) is 6.58 Å². The van der Waals surface area contributed by atoms with Crippen molar-refractivity contribution in [2.75, 3.05) is 6.16 Å². The zero-order chi connectivity index (χ0) is 15.3. The average Bonchev–Trinajstić information content (AvgIpc) is 2.44. The van der Waals surface area contributed by atoms with Crippen LogP contribution in [0, 0.1) is 13.8 Å². The van der Waals surface area contributed by atoms with Gasteiger partial charge in [-0.05, 0) is 38.1 Å². The molecule has 0 N–H and O–H groups in total. The monoisotopic (exact) mass is 302 g/mol. The van der Waals surface area contributed by atoms with Gasteiger partial charge in [0.25, 0.3) is 0 Å². The molecular formula is C17H19O3P. The summed E-state index contributed by atoms with van der Waals surface area (Å²) in [7, 11) is -3.31. The smallest absolute Gasteiger partial charge is 0.416 e. The van der Waals surface area contributed by atoms with E-state index in [0.717, 1.165) is 11.1 Å². The fraction of sp³-hybridized carbons (Fsp3) is 0.176. The minimum Gasteiger partial charge on any atom is -0.416 e. The molecule has 21 heavy (non-hydrogen) atoms. The molecule has 0 aliphatic carbocycles. The van der Waals surface area contributed by atoms with Crippen LogP contribution < -0.4 is 9.05 Å². The molecule has 0 amide bonds. The van der Waals surface area contributed by atoms with Crippen molar-refractivity contribution in [1.82, 2.24) is 0 Å². The van der Waals surface area contributed by atoms with E-state index in [9.17, 15) is 4.57 Å². The summed E-state index contributed by atoms with van der Waals surface area (Å²) in [6.45, 7) is 7.59. The predicted octanol–water partition coefficient (Wildman–Crippen LogP) is 5.14. The largest absolute Gasteiger partial charge is 0.434 e. The topological polar surface area (TPSA) is 35.5 Å². The first kappa shape index (κ1) is 15.4. The van der Waals surface area contributed by atoms with Gasteiger partial charge in [0, 0.05) is 0 Å². The van der Waals surface area contributed by atoms with Crippen molar-refractivity contribution in [2.24, 2.45) is 0 Å². The molecule has 110 valence electrons. The van der Waals surface area contributed by atoms with Crippen LogP contribution in [0.1, 0.15) is 11.1 Å². The molecule has 0 aromatic heterocycles. The van der Waals surface area contributed by atoms with Crippen LogP contribution in [0.25, 0.3) is 0 Å². The number of benzene rings is 2. The third kappa shape index (κ3) is 4.51. The molecule has 2 rings (SSSR count). The second kappa shape index (κ2) is 6.64. The maximum atomic E-state index is 12.8. The molecule has 0 bridgehead atoms. The van der Waals surface area contributed by atoms with E-state index < -0.39 is 7.60 Å². The Hall–Kier alpha value is -1.99. The van der Waals surface area contributed by atoms with E-state index in [4.69, 9.17) is 9.05 Å². The molecule has 0 heterocycles. The number of rotatable bonds is 6. The zero-order valence-corrected chi connectivity index (χ0v) is 13.2. The second-order valence-electron chi connectivity index (χ2n) is 4.89. The molecule has 3 nitrogen and oxygen atoms in total. The number of allylic oxidation sites excluding steroid dienone is 1. The molecule has 0 spiro atoms. The van der Waals surface area contributed by atoms with Gasteiger partial charge in [0.2, 0.25) is 0 Å². The van der Waals surface area contributed by atoms with Gasteiger partial charge in [-0.25, -0.2) is 4.57 Å². The Balaban J connectivity index is 2.19. The average molecular weight is 302 g/mol. The standard InChI is InChI=1S/C17H19O3P/c1-4-13-21(18,19-16-9-5-14(2)6-10-16)20-17-11-7-15(3)8-12-17/h4-12H,1,13H2,2-3H3. The summed E-state index contributed by atoms with van der Waals surface area (Å²) in [6, 6.07) is 14.7. The quantitative estimate of drug-likeness (QED) is 0.547. The van der Waals surface area contributed by atoms with E-state index in [0.29, 0.717) is 11.5 Å². The summed E-state index contributed by atoms with van der Waals surface area (Å²) in [4.78, 5) is 0. The van der Waals surface area contributed by atoms with Crippen LogP contribution in [-0.2, 0) is 4.57 Å². The number of aryl methyl sites for hydroxylation is 2. The highest BCUT2D eigenvalue weighted by molar-refractivity contribution is 7.54. The lowest BCUT2D eigenvalue weighted by atomic mass is 10.2. The Morgan fingerprint density at radius 1 is 0.905 bits per heavy atom. The van der Waals surface area contributed by atoms with E-state index in [1.807, 2.05) is 38.1 Å². The second-order valence-corrected chi connectivity index (χ2v) is 6.84. The third-order valence-electron chi connectivity index (χ3n) is 2.88. The normalized spacial score (nSPS) is 11.0. The fourth-order valence-electron chi connectivity index (χ4n) is 1.77. The summed E-state index contributed by atoms with van der Waals surface area (Å²) < 4.78 is 24.0. The molecule has 0 unspecified atom stereocenters. The van der Waals surface area contributed by atoms with Gasteiger partial charge in [-0.1, -0.05) is 41.5 Å². The lowest BCUT2D eigenvalue weighted by molar-refractivity contribution is 0.389. The Morgan fingerprint density at radius 2 is 1.29 bits per heavy atom. The maximum Gasteiger partial charge on any atom is 0.434 e. The molecule has 0 saturated heterocycles. The van der Waals surface area contributed by atoms with E-state index >= 15 is 0 Å². The predicted molar refractivity (Wildman–Crippen MR) is 86.3 cm³/mol. The highest BCUT2D eigenvalue weighted by Crippen LogP contribution is 2.48. The third-order valence-corrected chi connectivity index (χ3v) is 4.57. The summed E-state index contributed by atoms with van der Waals surface area (Å²) in [6.07, 6.45) is 1.69. The summed E-state index contributed by atoms with van der Waals surface area (Å²) in [5.41, 5.74) is 2.22. The van der Waals surface area contributed by atoms with Crippen LogP contribution >= 0.6 is 7.60 Å². The van der Waals surface area contributed by atoms with Gasteiger partial charge in [-0.3, -0.25) is 0 Å². The van der Waals surface area contributed by atoms with E-state index in [2.05, 4.69) is 6.58 Å².